The van der Waals surface area contributed by atoms with Gasteiger partial charge in [-0.05, 0) is 43.3 Å². The van der Waals surface area contributed by atoms with E-state index in [9.17, 15) is 0 Å². The molecule has 1 atom stereocenters. The van der Waals surface area contributed by atoms with Gasteiger partial charge in [-0.15, -0.1) is 11.3 Å². The molecule has 80 valence electrons. The van der Waals surface area contributed by atoms with E-state index in [1.165, 1.54) is 29.7 Å². The minimum absolute atomic E-state index is 0.575. The minimum atomic E-state index is 0.575. The second-order valence-corrected chi connectivity index (χ2v) is 4.85. The molecular formula is C12H21NS. The number of rotatable bonds is 6. The Bertz CT molecular complexity index is 255. The summed E-state index contributed by atoms with van der Waals surface area (Å²) in [6, 6.07) is 2.84. The van der Waals surface area contributed by atoms with Gasteiger partial charge in [-0.1, -0.05) is 20.3 Å². The van der Waals surface area contributed by atoms with Crippen LogP contribution in [0.4, 0.5) is 0 Å². The average molecular weight is 211 g/mol. The third-order valence-corrected chi connectivity index (χ3v) is 3.35. The van der Waals surface area contributed by atoms with Crippen LogP contribution in [-0.2, 0) is 0 Å². The smallest absolute Gasteiger partial charge is 0.0331 e. The van der Waals surface area contributed by atoms with Gasteiger partial charge in [-0.2, -0.15) is 0 Å². The minimum Gasteiger partial charge on any atom is -0.310 e. The third kappa shape index (κ3) is 3.10. The lowest BCUT2D eigenvalue weighted by Gasteiger charge is -2.17. The number of hydrogen-bond acceptors (Lipinski definition) is 2. The summed E-state index contributed by atoms with van der Waals surface area (Å²) < 4.78 is 0. The van der Waals surface area contributed by atoms with E-state index in [0.717, 1.165) is 6.54 Å². The average Bonchev–Trinajstić information content (AvgIpc) is 2.59. The Kier molecular flexibility index (Phi) is 5.20. The Hall–Kier alpha value is -0.340. The third-order valence-electron chi connectivity index (χ3n) is 2.49. The predicted molar refractivity (Wildman–Crippen MR) is 65.0 cm³/mol. The highest BCUT2D eigenvalue weighted by molar-refractivity contribution is 7.10. The maximum absolute atomic E-state index is 3.62. The van der Waals surface area contributed by atoms with Crippen molar-refractivity contribution in [3.8, 4) is 0 Å². The van der Waals surface area contributed by atoms with Crippen LogP contribution in [-0.4, -0.2) is 6.54 Å². The first-order valence-corrected chi connectivity index (χ1v) is 6.44. The number of thiophene rings is 1. The zero-order valence-corrected chi connectivity index (χ0v) is 10.3. The highest BCUT2D eigenvalue weighted by Gasteiger charge is 2.12. The predicted octanol–water partition coefficient (Wildman–Crippen LogP) is 3.90. The lowest BCUT2D eigenvalue weighted by atomic mass is 10.0. The van der Waals surface area contributed by atoms with Gasteiger partial charge in [0.2, 0.25) is 0 Å². The molecule has 0 aliphatic heterocycles. The SMILES string of the molecule is CCCNC(CCC)c1ccsc1C. The Morgan fingerprint density at radius 1 is 1.36 bits per heavy atom. The van der Waals surface area contributed by atoms with Gasteiger partial charge in [-0.3, -0.25) is 0 Å². The summed E-state index contributed by atoms with van der Waals surface area (Å²) >= 11 is 1.85. The standard InChI is InChI=1S/C12H21NS/c1-4-6-12(13-8-5-2)11-7-9-14-10(11)3/h7,9,12-13H,4-6,8H2,1-3H3. The van der Waals surface area contributed by atoms with Crippen molar-refractivity contribution in [2.24, 2.45) is 0 Å². The molecule has 1 aromatic heterocycles. The lowest BCUT2D eigenvalue weighted by molar-refractivity contribution is 0.493. The van der Waals surface area contributed by atoms with Crippen LogP contribution in [0.2, 0.25) is 0 Å². The first kappa shape index (κ1) is 11.7. The molecule has 14 heavy (non-hydrogen) atoms. The molecule has 1 heterocycles. The zero-order chi connectivity index (χ0) is 10.4. The largest absolute Gasteiger partial charge is 0.310 e. The van der Waals surface area contributed by atoms with Crippen LogP contribution >= 0.6 is 11.3 Å². The van der Waals surface area contributed by atoms with Gasteiger partial charge in [0, 0.05) is 10.9 Å². The number of nitrogens with one attached hydrogen (secondary N) is 1. The molecule has 0 saturated carbocycles. The molecule has 0 aliphatic rings. The van der Waals surface area contributed by atoms with E-state index in [0.29, 0.717) is 6.04 Å². The van der Waals surface area contributed by atoms with Crippen LogP contribution in [0.15, 0.2) is 11.4 Å². The molecule has 0 aromatic carbocycles. The van der Waals surface area contributed by atoms with E-state index in [2.05, 4.69) is 37.5 Å². The summed E-state index contributed by atoms with van der Waals surface area (Å²) in [7, 11) is 0. The maximum Gasteiger partial charge on any atom is 0.0331 e. The summed E-state index contributed by atoms with van der Waals surface area (Å²) in [5, 5.41) is 5.82. The Labute approximate surface area is 91.5 Å². The fourth-order valence-electron chi connectivity index (χ4n) is 1.73. The summed E-state index contributed by atoms with van der Waals surface area (Å²) in [5.41, 5.74) is 1.50. The first-order chi connectivity index (χ1) is 6.79. The molecule has 2 heteroatoms. The molecule has 1 unspecified atom stereocenters. The summed E-state index contributed by atoms with van der Waals surface area (Å²) in [6.07, 6.45) is 3.71. The van der Waals surface area contributed by atoms with Crippen LogP contribution in [0, 0.1) is 6.92 Å². The van der Waals surface area contributed by atoms with Crippen LogP contribution in [0.25, 0.3) is 0 Å². The van der Waals surface area contributed by atoms with E-state index in [4.69, 9.17) is 0 Å². The van der Waals surface area contributed by atoms with Crippen molar-refractivity contribution < 1.29 is 0 Å². The Morgan fingerprint density at radius 2 is 2.14 bits per heavy atom. The number of aryl methyl sites for hydroxylation is 1. The van der Waals surface area contributed by atoms with E-state index in [-0.39, 0.29) is 0 Å². The summed E-state index contributed by atoms with van der Waals surface area (Å²) in [5.74, 6) is 0. The molecular weight excluding hydrogens is 190 g/mol. The van der Waals surface area contributed by atoms with Crippen molar-refractivity contribution in [1.82, 2.24) is 5.32 Å². The molecule has 0 spiro atoms. The first-order valence-electron chi connectivity index (χ1n) is 5.57. The van der Waals surface area contributed by atoms with Gasteiger partial charge in [-0.25, -0.2) is 0 Å². The van der Waals surface area contributed by atoms with Gasteiger partial charge in [0.15, 0.2) is 0 Å². The molecule has 0 fully saturated rings. The van der Waals surface area contributed by atoms with Gasteiger partial charge >= 0.3 is 0 Å². The number of hydrogen-bond donors (Lipinski definition) is 1. The molecule has 1 rings (SSSR count). The van der Waals surface area contributed by atoms with Gasteiger partial charge < -0.3 is 5.32 Å². The summed E-state index contributed by atoms with van der Waals surface area (Å²) in [6.45, 7) is 7.81. The van der Waals surface area contributed by atoms with Gasteiger partial charge in [0.25, 0.3) is 0 Å². The molecule has 0 amide bonds. The van der Waals surface area contributed by atoms with E-state index in [1.54, 1.807) is 0 Å². The molecule has 1 aromatic rings. The second-order valence-electron chi connectivity index (χ2n) is 3.73. The molecule has 1 nitrogen and oxygen atoms in total. The molecule has 0 saturated heterocycles. The molecule has 0 aliphatic carbocycles. The monoisotopic (exact) mass is 211 g/mol. The van der Waals surface area contributed by atoms with E-state index in [1.807, 2.05) is 11.3 Å². The fraction of sp³-hybridized carbons (Fsp3) is 0.667. The van der Waals surface area contributed by atoms with Gasteiger partial charge in [0.1, 0.15) is 0 Å². The lowest BCUT2D eigenvalue weighted by Crippen LogP contribution is -2.22. The van der Waals surface area contributed by atoms with Crippen molar-refractivity contribution in [1.29, 1.82) is 0 Å². The van der Waals surface area contributed by atoms with Crippen LogP contribution in [0.3, 0.4) is 0 Å². The normalized spacial score (nSPS) is 13.1. The summed E-state index contributed by atoms with van der Waals surface area (Å²) in [4.78, 5) is 1.46. The van der Waals surface area contributed by atoms with Crippen molar-refractivity contribution in [2.45, 2.75) is 46.1 Å². The molecule has 0 bridgehead atoms. The van der Waals surface area contributed by atoms with Crippen molar-refractivity contribution in [3.05, 3.63) is 21.9 Å². The topological polar surface area (TPSA) is 12.0 Å². The Balaban J connectivity index is 2.62. The van der Waals surface area contributed by atoms with E-state index < -0.39 is 0 Å². The van der Waals surface area contributed by atoms with Crippen LogP contribution in [0.1, 0.15) is 49.6 Å². The highest BCUT2D eigenvalue weighted by Crippen LogP contribution is 2.25. The molecule has 1 N–H and O–H groups in total. The van der Waals surface area contributed by atoms with Gasteiger partial charge in [0.05, 0.1) is 0 Å². The van der Waals surface area contributed by atoms with E-state index >= 15 is 0 Å². The van der Waals surface area contributed by atoms with Crippen LogP contribution < -0.4 is 5.32 Å². The van der Waals surface area contributed by atoms with Crippen molar-refractivity contribution >= 4 is 11.3 Å². The quantitative estimate of drug-likeness (QED) is 0.752. The Morgan fingerprint density at radius 3 is 2.64 bits per heavy atom. The maximum atomic E-state index is 3.62. The fourth-order valence-corrected chi connectivity index (χ4v) is 2.50. The van der Waals surface area contributed by atoms with Crippen LogP contribution in [0.5, 0.6) is 0 Å². The van der Waals surface area contributed by atoms with Crippen molar-refractivity contribution in [3.63, 3.8) is 0 Å². The highest BCUT2D eigenvalue weighted by atomic mass is 32.1. The zero-order valence-electron chi connectivity index (χ0n) is 9.47. The molecule has 0 radical (unpaired) electrons. The van der Waals surface area contributed by atoms with Crippen molar-refractivity contribution in [2.75, 3.05) is 6.54 Å². The second kappa shape index (κ2) is 6.20.